The largest absolute Gasteiger partial charge is 0.475 e. The van der Waals surface area contributed by atoms with E-state index in [0.29, 0.717) is 38.4 Å². The minimum atomic E-state index is -1.70. The molecule has 1 aromatic heterocycles. The molecule has 172 valence electrons. The first kappa shape index (κ1) is 24.0. The maximum Gasteiger partial charge on any atom is 0.475 e. The zero-order valence-electron chi connectivity index (χ0n) is 18.5. The van der Waals surface area contributed by atoms with E-state index in [1.54, 1.807) is 4.90 Å². The van der Waals surface area contributed by atoms with Crippen molar-refractivity contribution >= 4 is 30.0 Å². The van der Waals surface area contributed by atoms with Crippen LogP contribution in [-0.4, -0.2) is 77.3 Å². The van der Waals surface area contributed by atoms with Gasteiger partial charge in [0.05, 0.1) is 24.7 Å². The van der Waals surface area contributed by atoms with Gasteiger partial charge in [-0.3, -0.25) is 9.78 Å². The number of nitrogens with zero attached hydrogens (tertiary/aromatic N) is 2. The van der Waals surface area contributed by atoms with Gasteiger partial charge in [0.25, 0.3) is 0 Å². The Balaban J connectivity index is 1.78. The van der Waals surface area contributed by atoms with Crippen molar-refractivity contribution in [2.75, 3.05) is 26.3 Å². The summed E-state index contributed by atoms with van der Waals surface area (Å²) in [5.74, 6) is -1.18. The number of amides is 3. The molecule has 0 aliphatic carbocycles. The summed E-state index contributed by atoms with van der Waals surface area (Å²) in [6.07, 6.45) is 0.560. The van der Waals surface area contributed by atoms with Crippen LogP contribution in [0.4, 0.5) is 4.79 Å². The molecular weight excluding hydrogens is 411 g/mol. The number of carbonyl (C=O) groups excluding carboxylic acids is 2. The summed E-state index contributed by atoms with van der Waals surface area (Å²) in [5, 5.41) is 25.9. The van der Waals surface area contributed by atoms with E-state index in [1.807, 2.05) is 50.2 Å². The topological polar surface area (TPSA) is 124 Å². The van der Waals surface area contributed by atoms with Crippen LogP contribution in [0.25, 0.3) is 10.9 Å². The smallest absolute Gasteiger partial charge is 0.426 e. The lowest BCUT2D eigenvalue weighted by molar-refractivity contribution is -0.123. The molecule has 1 aliphatic heterocycles. The van der Waals surface area contributed by atoms with Gasteiger partial charge in [0.2, 0.25) is 5.91 Å². The molecule has 4 N–H and O–H groups in total. The highest BCUT2D eigenvalue weighted by Crippen LogP contribution is 2.14. The summed E-state index contributed by atoms with van der Waals surface area (Å²) < 4.78 is 5.29. The van der Waals surface area contributed by atoms with Crippen LogP contribution >= 0.6 is 0 Å². The number of carbonyl (C=O) groups is 2. The molecule has 2 atom stereocenters. The van der Waals surface area contributed by atoms with Gasteiger partial charge >= 0.3 is 13.1 Å². The minimum absolute atomic E-state index is 0.144. The molecule has 2 heterocycles. The number of pyridine rings is 1. The molecule has 0 spiro atoms. The predicted octanol–water partition coefficient (Wildman–Crippen LogP) is 0.731. The van der Waals surface area contributed by atoms with Crippen LogP contribution in [0.15, 0.2) is 36.4 Å². The Morgan fingerprint density at radius 1 is 1.12 bits per heavy atom. The van der Waals surface area contributed by atoms with Crippen molar-refractivity contribution in [1.29, 1.82) is 0 Å². The molecule has 0 radical (unpaired) electrons. The van der Waals surface area contributed by atoms with Crippen molar-refractivity contribution in [2.45, 2.75) is 38.7 Å². The maximum atomic E-state index is 13.1. The van der Waals surface area contributed by atoms with Crippen molar-refractivity contribution in [3.8, 4) is 0 Å². The fourth-order valence-corrected chi connectivity index (χ4v) is 3.69. The summed E-state index contributed by atoms with van der Waals surface area (Å²) in [6.45, 7) is 5.64. The van der Waals surface area contributed by atoms with E-state index >= 15 is 0 Å². The molecule has 2 unspecified atom stereocenters. The van der Waals surface area contributed by atoms with E-state index in [-0.39, 0.29) is 18.4 Å². The van der Waals surface area contributed by atoms with Crippen molar-refractivity contribution < 1.29 is 24.4 Å². The van der Waals surface area contributed by atoms with Gasteiger partial charge in [-0.05, 0) is 24.5 Å². The molecule has 0 saturated carbocycles. The Kier molecular flexibility index (Phi) is 8.43. The summed E-state index contributed by atoms with van der Waals surface area (Å²) in [5.41, 5.74) is 1.45. The third-order valence-corrected chi connectivity index (χ3v) is 5.39. The highest BCUT2D eigenvalue weighted by Gasteiger charge is 2.31. The molecule has 3 amide bonds. The number of benzene rings is 1. The average Bonchev–Trinajstić information content (AvgIpc) is 2.78. The zero-order chi connectivity index (χ0) is 23.1. The fraction of sp³-hybridized carbons (Fsp3) is 0.500. The SMILES string of the molecule is CC(C)CC(NC(=O)C(Cc1ccc2ccccc2n1)NC(=O)N1CCOCC1)B(O)O. The molecule has 1 aromatic carbocycles. The monoisotopic (exact) mass is 442 g/mol. The van der Waals surface area contributed by atoms with Crippen LogP contribution in [-0.2, 0) is 16.0 Å². The number of nitrogens with one attached hydrogen (secondary N) is 2. The maximum absolute atomic E-state index is 13.1. The standard InChI is InChI=1S/C22H31BN4O5/c1-15(2)13-20(23(30)31)26-21(28)19(25-22(29)27-9-11-32-12-10-27)14-17-8-7-16-5-3-4-6-18(16)24-17/h3-8,15,19-20,30-31H,9-14H2,1-2H3,(H,25,29)(H,26,28). The quantitative estimate of drug-likeness (QED) is 0.447. The molecule has 10 heteroatoms. The van der Waals surface area contributed by atoms with E-state index in [0.717, 1.165) is 10.9 Å². The Bertz CT molecular complexity index is 920. The van der Waals surface area contributed by atoms with Crippen LogP contribution in [0.2, 0.25) is 0 Å². The minimum Gasteiger partial charge on any atom is -0.426 e. The number of ether oxygens (including phenoxy) is 1. The van der Waals surface area contributed by atoms with E-state index in [9.17, 15) is 19.6 Å². The highest BCUT2D eigenvalue weighted by molar-refractivity contribution is 6.43. The first-order valence-corrected chi connectivity index (χ1v) is 11.0. The summed E-state index contributed by atoms with van der Waals surface area (Å²) in [7, 11) is -1.70. The number of fused-ring (bicyclic) bond motifs is 1. The molecule has 1 fully saturated rings. The third-order valence-electron chi connectivity index (χ3n) is 5.39. The highest BCUT2D eigenvalue weighted by atomic mass is 16.5. The number of para-hydroxylation sites is 1. The van der Waals surface area contributed by atoms with Crippen molar-refractivity contribution in [3.05, 3.63) is 42.1 Å². The second-order valence-electron chi connectivity index (χ2n) is 8.46. The Morgan fingerprint density at radius 2 is 1.84 bits per heavy atom. The van der Waals surface area contributed by atoms with Gasteiger partial charge in [-0.15, -0.1) is 0 Å². The predicted molar refractivity (Wildman–Crippen MR) is 122 cm³/mol. The molecule has 1 saturated heterocycles. The lowest BCUT2D eigenvalue weighted by atomic mass is 9.75. The number of hydrogen-bond donors (Lipinski definition) is 4. The summed E-state index contributed by atoms with van der Waals surface area (Å²) >= 11 is 0. The fourth-order valence-electron chi connectivity index (χ4n) is 3.69. The third kappa shape index (κ3) is 6.65. The lowest BCUT2D eigenvalue weighted by Gasteiger charge is -2.30. The average molecular weight is 442 g/mol. The molecule has 3 rings (SSSR count). The second kappa shape index (κ2) is 11.3. The van der Waals surface area contributed by atoms with Gasteiger partial charge in [-0.1, -0.05) is 38.1 Å². The molecule has 9 nitrogen and oxygen atoms in total. The second-order valence-corrected chi connectivity index (χ2v) is 8.46. The summed E-state index contributed by atoms with van der Waals surface area (Å²) in [6, 6.07) is 10.1. The Hall–Kier alpha value is -2.69. The number of rotatable bonds is 8. The molecule has 1 aliphatic rings. The first-order valence-electron chi connectivity index (χ1n) is 11.0. The Morgan fingerprint density at radius 3 is 2.53 bits per heavy atom. The number of urea groups is 1. The van der Waals surface area contributed by atoms with Crippen LogP contribution in [0, 0.1) is 5.92 Å². The van der Waals surface area contributed by atoms with E-state index in [1.165, 1.54) is 0 Å². The van der Waals surface area contributed by atoms with E-state index < -0.39 is 25.0 Å². The molecular formula is C22H31BN4O5. The molecule has 0 bridgehead atoms. The number of hydrogen-bond acceptors (Lipinski definition) is 6. The van der Waals surface area contributed by atoms with Gasteiger partial charge in [0, 0.05) is 30.6 Å². The van der Waals surface area contributed by atoms with Gasteiger partial charge in [-0.25, -0.2) is 4.79 Å². The van der Waals surface area contributed by atoms with Crippen molar-refractivity contribution in [1.82, 2.24) is 20.5 Å². The van der Waals surface area contributed by atoms with Crippen LogP contribution in [0.3, 0.4) is 0 Å². The molecule has 32 heavy (non-hydrogen) atoms. The first-order chi connectivity index (χ1) is 15.3. The summed E-state index contributed by atoms with van der Waals surface area (Å²) in [4.78, 5) is 32.1. The van der Waals surface area contributed by atoms with Crippen molar-refractivity contribution in [3.63, 3.8) is 0 Å². The van der Waals surface area contributed by atoms with Crippen LogP contribution in [0.5, 0.6) is 0 Å². The normalized spacial score (nSPS) is 16.0. The van der Waals surface area contributed by atoms with Gasteiger partial charge in [-0.2, -0.15) is 0 Å². The number of aromatic nitrogens is 1. The van der Waals surface area contributed by atoms with Gasteiger partial charge in [0.1, 0.15) is 6.04 Å². The zero-order valence-corrected chi connectivity index (χ0v) is 18.5. The van der Waals surface area contributed by atoms with E-state index in [4.69, 9.17) is 4.74 Å². The van der Waals surface area contributed by atoms with Gasteiger partial charge in [0.15, 0.2) is 0 Å². The lowest BCUT2D eigenvalue weighted by Crippen LogP contribution is -2.57. The van der Waals surface area contributed by atoms with Crippen molar-refractivity contribution in [2.24, 2.45) is 5.92 Å². The van der Waals surface area contributed by atoms with Gasteiger partial charge < -0.3 is 30.3 Å². The van der Waals surface area contributed by atoms with Crippen LogP contribution in [0.1, 0.15) is 26.0 Å². The Labute approximate surface area is 188 Å². The molecule has 2 aromatic rings. The number of morpholine rings is 1. The van der Waals surface area contributed by atoms with E-state index in [2.05, 4.69) is 15.6 Å². The van der Waals surface area contributed by atoms with Crippen LogP contribution < -0.4 is 10.6 Å².